The number of benzene rings is 1. The van der Waals surface area contributed by atoms with Crippen molar-refractivity contribution in [1.29, 1.82) is 0 Å². The largest absolute Gasteiger partial charge is 0.389 e. The van der Waals surface area contributed by atoms with E-state index in [1.165, 1.54) is 13.1 Å². The van der Waals surface area contributed by atoms with Crippen molar-refractivity contribution in [3.63, 3.8) is 0 Å². The van der Waals surface area contributed by atoms with E-state index in [2.05, 4.69) is 10.6 Å². The maximum Gasteiger partial charge on any atom is 0.246 e. The number of carbonyl (C=O) groups excluding carboxylic acids is 2. The molecule has 1 aromatic carbocycles. The van der Waals surface area contributed by atoms with Gasteiger partial charge in [-0.2, -0.15) is 0 Å². The average Bonchev–Trinajstić information content (AvgIpc) is 2.55. The molecule has 1 saturated carbocycles. The molecule has 0 bridgehead atoms. The van der Waals surface area contributed by atoms with E-state index < -0.39 is 35.1 Å². The van der Waals surface area contributed by atoms with Gasteiger partial charge in [-0.25, -0.2) is 8.78 Å². The fraction of sp³-hybridized carbons (Fsp3) is 0.529. The van der Waals surface area contributed by atoms with E-state index in [1.54, 1.807) is 0 Å². The van der Waals surface area contributed by atoms with E-state index in [0.717, 1.165) is 31.4 Å². The molecule has 3 N–H and O–H groups in total. The highest BCUT2D eigenvalue weighted by Gasteiger charge is 2.33. The molecule has 1 atom stereocenters. The van der Waals surface area contributed by atoms with Gasteiger partial charge in [0.2, 0.25) is 11.8 Å². The number of hydrogen-bond donors (Lipinski definition) is 3. The Labute approximate surface area is 139 Å². The zero-order chi connectivity index (χ0) is 17.7. The van der Waals surface area contributed by atoms with E-state index >= 15 is 0 Å². The lowest BCUT2D eigenvalue weighted by Gasteiger charge is -2.32. The van der Waals surface area contributed by atoms with E-state index in [9.17, 15) is 23.5 Å². The Hall–Kier alpha value is -2.02. The maximum atomic E-state index is 13.4. The Kier molecular flexibility index (Phi) is 5.88. The summed E-state index contributed by atoms with van der Waals surface area (Å²) in [6, 6.07) is 1.88. The van der Waals surface area contributed by atoms with Crippen LogP contribution in [0.4, 0.5) is 8.78 Å². The van der Waals surface area contributed by atoms with Crippen LogP contribution in [0, 0.1) is 11.6 Å². The van der Waals surface area contributed by atoms with Gasteiger partial charge in [-0.1, -0.05) is 25.3 Å². The van der Waals surface area contributed by atoms with Crippen LogP contribution in [-0.4, -0.2) is 29.6 Å². The maximum absolute atomic E-state index is 13.4. The number of carbonyl (C=O) groups is 2. The van der Waals surface area contributed by atoms with Gasteiger partial charge in [-0.3, -0.25) is 9.59 Å². The Balaban J connectivity index is 2.12. The molecule has 1 aromatic rings. The van der Waals surface area contributed by atoms with Gasteiger partial charge < -0.3 is 15.7 Å². The summed E-state index contributed by atoms with van der Waals surface area (Å²) >= 11 is 0. The molecule has 0 radical (unpaired) electrons. The third kappa shape index (κ3) is 4.50. The third-order valence-corrected chi connectivity index (χ3v) is 4.36. The number of amides is 2. The van der Waals surface area contributed by atoms with Crippen molar-refractivity contribution in [3.8, 4) is 0 Å². The normalized spacial score (nSPS) is 17.8. The molecular weight excluding hydrogens is 318 g/mol. The van der Waals surface area contributed by atoms with E-state index in [1.807, 2.05) is 0 Å². The lowest BCUT2D eigenvalue weighted by Crippen LogP contribution is -2.43. The van der Waals surface area contributed by atoms with Crippen LogP contribution < -0.4 is 10.6 Å². The van der Waals surface area contributed by atoms with E-state index in [-0.39, 0.29) is 12.0 Å². The van der Waals surface area contributed by atoms with Crippen molar-refractivity contribution >= 4 is 11.8 Å². The molecule has 1 fully saturated rings. The summed E-state index contributed by atoms with van der Waals surface area (Å²) in [6.45, 7) is 0. The monoisotopic (exact) mass is 340 g/mol. The predicted octanol–water partition coefficient (Wildman–Crippen LogP) is 1.95. The number of hydrogen-bond acceptors (Lipinski definition) is 3. The first-order valence-corrected chi connectivity index (χ1v) is 8.03. The van der Waals surface area contributed by atoms with Crippen molar-refractivity contribution in [1.82, 2.24) is 10.6 Å². The minimum atomic E-state index is -1.15. The highest BCUT2D eigenvalue weighted by molar-refractivity contribution is 5.88. The summed E-state index contributed by atoms with van der Waals surface area (Å²) in [6.07, 6.45) is 3.69. The minimum absolute atomic E-state index is 0.121. The fourth-order valence-electron chi connectivity index (χ4n) is 3.03. The van der Waals surface area contributed by atoms with Crippen molar-refractivity contribution in [2.75, 3.05) is 7.05 Å². The van der Waals surface area contributed by atoms with Gasteiger partial charge in [0.1, 0.15) is 6.04 Å². The zero-order valence-electron chi connectivity index (χ0n) is 13.6. The van der Waals surface area contributed by atoms with Crippen molar-refractivity contribution in [3.05, 3.63) is 35.4 Å². The SMILES string of the molecule is CNC(=O)C(NC(=O)CC1(O)CCCCC1)c1ccc(F)c(F)c1. The summed E-state index contributed by atoms with van der Waals surface area (Å²) in [5.41, 5.74) is -0.930. The molecule has 5 nitrogen and oxygen atoms in total. The van der Waals surface area contributed by atoms with Gasteiger partial charge in [-0.15, -0.1) is 0 Å². The lowest BCUT2D eigenvalue weighted by atomic mass is 9.82. The number of aliphatic hydroxyl groups is 1. The van der Waals surface area contributed by atoms with Crippen LogP contribution in [0.5, 0.6) is 0 Å². The summed E-state index contributed by atoms with van der Waals surface area (Å²) in [5, 5.41) is 15.3. The summed E-state index contributed by atoms with van der Waals surface area (Å²) < 4.78 is 26.5. The van der Waals surface area contributed by atoms with Gasteiger partial charge in [0, 0.05) is 7.05 Å². The van der Waals surface area contributed by atoms with Gasteiger partial charge >= 0.3 is 0 Å². The molecule has 2 amide bonds. The molecule has 1 unspecified atom stereocenters. The number of likely N-dealkylation sites (N-methyl/N-ethyl adjacent to an activating group) is 1. The van der Waals surface area contributed by atoms with Gasteiger partial charge in [0.05, 0.1) is 12.0 Å². The molecule has 0 heterocycles. The van der Waals surface area contributed by atoms with Crippen LogP contribution in [0.1, 0.15) is 50.1 Å². The third-order valence-electron chi connectivity index (χ3n) is 4.36. The van der Waals surface area contributed by atoms with Crippen LogP contribution >= 0.6 is 0 Å². The summed E-state index contributed by atoms with van der Waals surface area (Å²) in [7, 11) is 1.38. The van der Waals surface area contributed by atoms with Crippen LogP contribution in [0.3, 0.4) is 0 Å². The van der Waals surface area contributed by atoms with Crippen molar-refractivity contribution in [2.45, 2.75) is 50.2 Å². The minimum Gasteiger partial charge on any atom is -0.389 e. The fourth-order valence-corrected chi connectivity index (χ4v) is 3.03. The summed E-state index contributed by atoms with van der Waals surface area (Å²) in [5.74, 6) is -3.18. The lowest BCUT2D eigenvalue weighted by molar-refractivity contribution is -0.132. The van der Waals surface area contributed by atoms with Crippen LogP contribution in [0.15, 0.2) is 18.2 Å². The zero-order valence-corrected chi connectivity index (χ0v) is 13.6. The van der Waals surface area contributed by atoms with Crippen molar-refractivity contribution < 1.29 is 23.5 Å². The molecule has 0 spiro atoms. The highest BCUT2D eigenvalue weighted by Crippen LogP contribution is 2.31. The van der Waals surface area contributed by atoms with Gasteiger partial charge in [0.15, 0.2) is 11.6 Å². The summed E-state index contributed by atoms with van der Waals surface area (Å²) in [4.78, 5) is 24.3. The molecule has 0 saturated heterocycles. The van der Waals surface area contributed by atoms with E-state index in [0.29, 0.717) is 12.8 Å². The number of halogens is 2. The van der Waals surface area contributed by atoms with Crippen LogP contribution in [-0.2, 0) is 9.59 Å². The quantitative estimate of drug-likeness (QED) is 0.767. The molecule has 2 rings (SSSR count). The molecule has 24 heavy (non-hydrogen) atoms. The first kappa shape index (κ1) is 18.3. The Morgan fingerprint density at radius 1 is 1.21 bits per heavy atom. The molecule has 1 aliphatic rings. The van der Waals surface area contributed by atoms with Crippen LogP contribution in [0.25, 0.3) is 0 Å². The molecule has 1 aliphatic carbocycles. The topological polar surface area (TPSA) is 78.4 Å². The predicted molar refractivity (Wildman–Crippen MR) is 84.0 cm³/mol. The molecule has 7 heteroatoms. The van der Waals surface area contributed by atoms with Crippen molar-refractivity contribution in [2.24, 2.45) is 0 Å². The molecular formula is C17H22F2N2O3. The van der Waals surface area contributed by atoms with Gasteiger partial charge in [-0.05, 0) is 30.5 Å². The molecule has 0 aromatic heterocycles. The Morgan fingerprint density at radius 3 is 2.46 bits per heavy atom. The number of rotatable bonds is 5. The Morgan fingerprint density at radius 2 is 1.88 bits per heavy atom. The molecule has 132 valence electrons. The average molecular weight is 340 g/mol. The smallest absolute Gasteiger partial charge is 0.246 e. The second-order valence-electron chi connectivity index (χ2n) is 6.25. The highest BCUT2D eigenvalue weighted by atomic mass is 19.2. The van der Waals surface area contributed by atoms with E-state index in [4.69, 9.17) is 0 Å². The first-order chi connectivity index (χ1) is 11.3. The second kappa shape index (κ2) is 7.70. The Bertz CT molecular complexity index is 616. The second-order valence-corrected chi connectivity index (χ2v) is 6.25. The standard InChI is InChI=1S/C17H22F2N2O3/c1-20-16(23)15(11-5-6-12(18)13(19)9-11)21-14(22)10-17(24)7-3-2-4-8-17/h5-6,9,15,24H,2-4,7-8,10H2,1H3,(H,20,23)(H,21,22). The molecule has 0 aliphatic heterocycles. The first-order valence-electron chi connectivity index (χ1n) is 8.03. The van der Waals surface area contributed by atoms with Crippen LogP contribution in [0.2, 0.25) is 0 Å². The number of nitrogens with one attached hydrogen (secondary N) is 2. The van der Waals surface area contributed by atoms with Gasteiger partial charge in [0.25, 0.3) is 0 Å².